The first-order chi connectivity index (χ1) is 10.1. The van der Waals surface area contributed by atoms with E-state index in [-0.39, 0.29) is 11.5 Å². The van der Waals surface area contributed by atoms with E-state index in [9.17, 15) is 9.59 Å². The molecule has 0 atom stereocenters. The summed E-state index contributed by atoms with van der Waals surface area (Å²) in [5.74, 6) is 0.891. The van der Waals surface area contributed by atoms with Crippen LogP contribution in [-0.4, -0.2) is 27.8 Å². The Morgan fingerprint density at radius 1 is 1.38 bits per heavy atom. The van der Waals surface area contributed by atoms with Crippen molar-refractivity contribution >= 4 is 17.7 Å². The van der Waals surface area contributed by atoms with Crippen LogP contribution in [0.3, 0.4) is 0 Å². The molecule has 0 fully saturated rings. The van der Waals surface area contributed by atoms with Gasteiger partial charge in [0.1, 0.15) is 0 Å². The molecular weight excluding hydrogens is 286 g/mol. The van der Waals surface area contributed by atoms with E-state index >= 15 is 0 Å². The molecule has 1 amide bonds. The summed E-state index contributed by atoms with van der Waals surface area (Å²) in [7, 11) is 1.73. The van der Waals surface area contributed by atoms with Crippen molar-refractivity contribution in [2.24, 2.45) is 7.05 Å². The van der Waals surface area contributed by atoms with E-state index in [1.165, 1.54) is 11.8 Å². The van der Waals surface area contributed by atoms with Crippen LogP contribution >= 0.6 is 11.8 Å². The van der Waals surface area contributed by atoms with Gasteiger partial charge in [-0.3, -0.25) is 14.2 Å². The number of aromatic nitrogens is 2. The summed E-state index contributed by atoms with van der Waals surface area (Å²) in [4.78, 5) is 27.8. The summed E-state index contributed by atoms with van der Waals surface area (Å²) >= 11 is 1.53. The number of hydrogen-bond acceptors (Lipinski definition) is 4. The highest BCUT2D eigenvalue weighted by Gasteiger charge is 2.06. The van der Waals surface area contributed by atoms with Gasteiger partial charge in [0.15, 0.2) is 5.16 Å². The number of hydrogen-bond donors (Lipinski definition) is 1. The van der Waals surface area contributed by atoms with E-state index in [0.717, 1.165) is 48.8 Å². The summed E-state index contributed by atoms with van der Waals surface area (Å²) in [6.07, 6.45) is 4.18. The van der Waals surface area contributed by atoms with Crippen molar-refractivity contribution in [2.45, 2.75) is 51.1 Å². The zero-order chi connectivity index (χ0) is 15.7. The lowest BCUT2D eigenvalue weighted by atomic mass is 10.3. The smallest absolute Gasteiger partial charge is 0.254 e. The molecule has 1 aromatic rings. The predicted octanol–water partition coefficient (Wildman–Crippen LogP) is 2.13. The molecule has 0 radical (unpaired) electrons. The zero-order valence-electron chi connectivity index (χ0n) is 13.1. The highest BCUT2D eigenvalue weighted by atomic mass is 32.2. The molecule has 0 aliphatic carbocycles. The Morgan fingerprint density at radius 2 is 2.14 bits per heavy atom. The Labute approximate surface area is 130 Å². The average molecular weight is 311 g/mol. The third-order valence-electron chi connectivity index (χ3n) is 3.14. The standard InChI is InChI=1S/C15H25N3O2S/c1-4-6-9-16-13(19)8-7-10-21-15-17-12(5-2)11-14(20)18(15)3/h11H,4-10H2,1-3H3,(H,16,19). The lowest BCUT2D eigenvalue weighted by Crippen LogP contribution is -2.24. The predicted molar refractivity (Wildman–Crippen MR) is 86.7 cm³/mol. The van der Waals surface area contributed by atoms with Crippen LogP contribution in [0.4, 0.5) is 0 Å². The first-order valence-electron chi connectivity index (χ1n) is 7.54. The largest absolute Gasteiger partial charge is 0.356 e. The molecule has 118 valence electrons. The van der Waals surface area contributed by atoms with Crippen LogP contribution in [0.25, 0.3) is 0 Å². The highest BCUT2D eigenvalue weighted by Crippen LogP contribution is 2.15. The Balaban J connectivity index is 2.37. The SMILES string of the molecule is CCCCNC(=O)CCCSc1nc(CC)cc(=O)n1C. The second-order valence-electron chi connectivity index (χ2n) is 4.94. The van der Waals surface area contributed by atoms with Gasteiger partial charge in [-0.25, -0.2) is 4.98 Å². The van der Waals surface area contributed by atoms with Gasteiger partial charge in [0.05, 0.1) is 0 Å². The van der Waals surface area contributed by atoms with Crippen molar-refractivity contribution in [3.05, 3.63) is 22.1 Å². The second kappa shape index (κ2) is 9.60. The van der Waals surface area contributed by atoms with E-state index < -0.39 is 0 Å². The van der Waals surface area contributed by atoms with Gasteiger partial charge < -0.3 is 5.32 Å². The Hall–Kier alpha value is -1.30. The maximum Gasteiger partial charge on any atom is 0.254 e. The average Bonchev–Trinajstić information content (AvgIpc) is 2.47. The molecule has 1 N–H and O–H groups in total. The fourth-order valence-electron chi connectivity index (χ4n) is 1.76. The van der Waals surface area contributed by atoms with Crippen molar-refractivity contribution in [3.8, 4) is 0 Å². The minimum atomic E-state index is -0.0262. The van der Waals surface area contributed by atoms with Gasteiger partial charge in [-0.15, -0.1) is 0 Å². The fourth-order valence-corrected chi connectivity index (χ4v) is 2.70. The van der Waals surface area contributed by atoms with Crippen LogP contribution in [0.1, 0.15) is 45.2 Å². The Morgan fingerprint density at radius 3 is 2.81 bits per heavy atom. The van der Waals surface area contributed by atoms with Gasteiger partial charge in [-0.2, -0.15) is 0 Å². The first kappa shape index (κ1) is 17.8. The second-order valence-corrected chi connectivity index (χ2v) is 6.00. The van der Waals surface area contributed by atoms with Crippen LogP contribution in [0, 0.1) is 0 Å². The summed E-state index contributed by atoms with van der Waals surface area (Å²) in [5, 5.41) is 3.63. The van der Waals surface area contributed by atoms with Crippen molar-refractivity contribution < 1.29 is 4.79 Å². The fraction of sp³-hybridized carbons (Fsp3) is 0.667. The Bertz CT molecular complexity index is 514. The topological polar surface area (TPSA) is 64.0 Å². The minimum Gasteiger partial charge on any atom is -0.356 e. The molecule has 0 aromatic carbocycles. The van der Waals surface area contributed by atoms with Crippen LogP contribution in [0.15, 0.2) is 16.0 Å². The molecule has 5 nitrogen and oxygen atoms in total. The lowest BCUT2D eigenvalue weighted by molar-refractivity contribution is -0.121. The van der Waals surface area contributed by atoms with Crippen LogP contribution < -0.4 is 10.9 Å². The molecule has 0 spiro atoms. The maximum atomic E-state index is 11.8. The highest BCUT2D eigenvalue weighted by molar-refractivity contribution is 7.99. The van der Waals surface area contributed by atoms with Crippen molar-refractivity contribution in [1.82, 2.24) is 14.9 Å². The van der Waals surface area contributed by atoms with Crippen LogP contribution in [-0.2, 0) is 18.3 Å². The molecule has 0 bridgehead atoms. The molecule has 0 unspecified atom stereocenters. The number of carbonyl (C=O) groups is 1. The van der Waals surface area contributed by atoms with Gasteiger partial charge >= 0.3 is 0 Å². The summed E-state index contributed by atoms with van der Waals surface area (Å²) < 4.78 is 1.56. The molecular formula is C15H25N3O2S. The van der Waals surface area contributed by atoms with E-state index in [2.05, 4.69) is 17.2 Å². The molecule has 0 saturated carbocycles. The third kappa shape index (κ3) is 6.33. The lowest BCUT2D eigenvalue weighted by Gasteiger charge is -2.08. The number of rotatable bonds is 9. The number of nitrogens with zero attached hydrogens (tertiary/aromatic N) is 2. The number of thioether (sulfide) groups is 1. The summed E-state index contributed by atoms with van der Waals surface area (Å²) in [6.45, 7) is 4.85. The molecule has 6 heteroatoms. The van der Waals surface area contributed by atoms with E-state index in [1.807, 2.05) is 6.92 Å². The summed E-state index contributed by atoms with van der Waals surface area (Å²) in [6, 6.07) is 1.57. The zero-order valence-corrected chi connectivity index (χ0v) is 14.0. The first-order valence-corrected chi connectivity index (χ1v) is 8.53. The van der Waals surface area contributed by atoms with Gasteiger partial charge in [0, 0.05) is 37.5 Å². The molecule has 1 heterocycles. The third-order valence-corrected chi connectivity index (χ3v) is 4.26. The maximum absolute atomic E-state index is 11.8. The van der Waals surface area contributed by atoms with E-state index in [4.69, 9.17) is 0 Å². The Kier molecular flexibility index (Phi) is 8.12. The van der Waals surface area contributed by atoms with Crippen molar-refractivity contribution in [3.63, 3.8) is 0 Å². The van der Waals surface area contributed by atoms with Crippen molar-refractivity contribution in [2.75, 3.05) is 12.3 Å². The summed E-state index contributed by atoms with van der Waals surface area (Å²) in [5.41, 5.74) is 0.791. The van der Waals surface area contributed by atoms with Gasteiger partial charge in [-0.1, -0.05) is 32.0 Å². The number of nitrogens with one attached hydrogen (secondary N) is 1. The molecule has 1 aromatic heterocycles. The van der Waals surface area contributed by atoms with E-state index in [0.29, 0.717) is 6.42 Å². The van der Waals surface area contributed by atoms with Crippen LogP contribution in [0.2, 0.25) is 0 Å². The minimum absolute atomic E-state index is 0.0262. The molecule has 0 aliphatic heterocycles. The van der Waals surface area contributed by atoms with Gasteiger partial charge in [-0.05, 0) is 19.3 Å². The molecule has 0 saturated heterocycles. The quantitative estimate of drug-likeness (QED) is 0.431. The van der Waals surface area contributed by atoms with Crippen molar-refractivity contribution in [1.29, 1.82) is 0 Å². The monoisotopic (exact) mass is 311 g/mol. The van der Waals surface area contributed by atoms with Crippen LogP contribution in [0.5, 0.6) is 0 Å². The van der Waals surface area contributed by atoms with Gasteiger partial charge in [0.2, 0.25) is 5.91 Å². The molecule has 1 rings (SSSR count). The molecule has 21 heavy (non-hydrogen) atoms. The number of amides is 1. The number of unbranched alkanes of at least 4 members (excludes halogenated alkanes) is 1. The van der Waals surface area contributed by atoms with Gasteiger partial charge in [0.25, 0.3) is 5.56 Å². The number of aryl methyl sites for hydroxylation is 1. The van der Waals surface area contributed by atoms with E-state index in [1.54, 1.807) is 17.7 Å². The molecule has 0 aliphatic rings. The number of carbonyl (C=O) groups excluding carboxylic acids is 1. The normalized spacial score (nSPS) is 10.6.